The summed E-state index contributed by atoms with van der Waals surface area (Å²) in [5.74, 6) is -2.65. The highest BCUT2D eigenvalue weighted by Gasteiger charge is 2.47. The molecule has 0 spiro atoms. The Kier molecular flexibility index (Phi) is 12.9. The van der Waals surface area contributed by atoms with Gasteiger partial charge < -0.3 is 34.7 Å². The van der Waals surface area contributed by atoms with Crippen molar-refractivity contribution < 1.29 is 38.2 Å². The number of amides is 3. The van der Waals surface area contributed by atoms with Gasteiger partial charge in [-0.3, -0.25) is 24.4 Å². The minimum atomic E-state index is -1.36. The van der Waals surface area contributed by atoms with Gasteiger partial charge in [-0.15, -0.1) is 5.06 Å². The number of halogens is 1. The van der Waals surface area contributed by atoms with Crippen LogP contribution in [0.5, 0.6) is 5.75 Å². The highest BCUT2D eigenvalue weighted by atomic mass is 19.1. The van der Waals surface area contributed by atoms with Crippen LogP contribution in [0.15, 0.2) is 54.9 Å². The van der Waals surface area contributed by atoms with E-state index in [1.807, 2.05) is 38.2 Å². The number of hydrazine groups is 1. The second-order valence-electron chi connectivity index (χ2n) is 18.5. The number of aromatic nitrogens is 2. The molecule has 3 unspecified atom stereocenters. The number of hydrogen-bond donors (Lipinski definition) is 4. The molecule has 0 aliphatic carbocycles. The van der Waals surface area contributed by atoms with Gasteiger partial charge in [-0.05, 0) is 95.7 Å². The average Bonchev–Trinajstić information content (AvgIpc) is 3.82. The Morgan fingerprint density at radius 2 is 1.95 bits per heavy atom. The number of aromatic hydroxyl groups is 1. The van der Waals surface area contributed by atoms with Gasteiger partial charge in [-0.1, -0.05) is 39.8 Å². The zero-order valence-electron chi connectivity index (χ0n) is 37.3. The topological polar surface area (TPSA) is 166 Å². The summed E-state index contributed by atoms with van der Waals surface area (Å²) < 4.78 is 29.1. The first-order valence-electron chi connectivity index (χ1n) is 22.1. The van der Waals surface area contributed by atoms with Crippen LogP contribution in [0.3, 0.4) is 0 Å². The fourth-order valence-electron chi connectivity index (χ4n) is 9.73. The number of carbonyl (C=O) groups excluding carboxylic acids is 3. The molecule has 0 radical (unpaired) electrons. The number of carbonyl (C=O) groups is 3. The molecule has 6 heterocycles. The van der Waals surface area contributed by atoms with Gasteiger partial charge in [-0.25, -0.2) is 14.7 Å². The Labute approximate surface area is 368 Å². The van der Waals surface area contributed by atoms with E-state index in [2.05, 4.69) is 58.5 Å². The molecular weight excluding hydrogens is 808 g/mol. The molecule has 7 atom stereocenters. The Hall–Kier alpha value is -4.97. The number of nitrogens with zero attached hydrogens (tertiary/aromatic N) is 5. The Morgan fingerprint density at radius 3 is 2.68 bits per heavy atom. The van der Waals surface area contributed by atoms with Crippen LogP contribution >= 0.6 is 0 Å². The molecule has 4 N–H and O–H groups in total. The number of fused-ring (bicyclic) bond motifs is 8. The van der Waals surface area contributed by atoms with Crippen LogP contribution in [-0.2, 0) is 54.7 Å². The summed E-state index contributed by atoms with van der Waals surface area (Å²) in [5, 5.41) is 21.5. The molecule has 8 rings (SSSR count). The quantitative estimate of drug-likeness (QED) is 0.169. The highest BCUT2D eigenvalue weighted by Crippen LogP contribution is 2.42. The third-order valence-electron chi connectivity index (χ3n) is 12.8. The van der Waals surface area contributed by atoms with Crippen LogP contribution in [0.4, 0.5) is 4.39 Å². The molecule has 4 aliphatic heterocycles. The number of phenols is 1. The van der Waals surface area contributed by atoms with Gasteiger partial charge in [0.25, 0.3) is 12.3 Å². The number of pyridine rings is 1. The highest BCUT2D eigenvalue weighted by molar-refractivity contribution is 5.96. The number of rotatable bonds is 9. The van der Waals surface area contributed by atoms with Crippen molar-refractivity contribution in [1.29, 1.82) is 0 Å². The summed E-state index contributed by atoms with van der Waals surface area (Å²) in [7, 11) is 3.21. The predicted octanol–water partition coefficient (Wildman–Crippen LogP) is 4.89. The van der Waals surface area contributed by atoms with Crippen molar-refractivity contribution in [2.45, 2.75) is 104 Å². The maximum absolute atomic E-state index is 14.7. The third kappa shape index (κ3) is 9.20. The summed E-state index contributed by atoms with van der Waals surface area (Å²) >= 11 is 0. The molecule has 15 nitrogen and oxygen atoms in total. The lowest BCUT2D eigenvalue weighted by Gasteiger charge is -2.37. The molecule has 2 aromatic heterocycles. The standard InChI is InChI=1S/C47H61FN8O7/c1-8-54-39-12-11-29-20-33(39)34(42(54)35-22-49-14-13-30(35)25-61-7)21-47(4,5)26-62-46-56(63-46)40-10-9-15-55(52-40)45(60)38(18-28-16-31(29)19-32(57)17-28)51-43(58)41(27(2)3)53(6)44(59)36-23-50-24-37(36)48/h11-14,16-17,19-20,22,27,36-38,40-41,46,50,52,57H,8-10,15,18,21,23-26H2,1-7H3,(H,51,58)/t36-,37?,38+,40-,41+,46?,56?/m1/s1. The lowest BCUT2D eigenvalue weighted by molar-refractivity contribution is -0.147. The Morgan fingerprint density at radius 1 is 1.14 bits per heavy atom. The first-order chi connectivity index (χ1) is 30.2. The van der Waals surface area contributed by atoms with Gasteiger partial charge in [0.1, 0.15) is 30.2 Å². The summed E-state index contributed by atoms with van der Waals surface area (Å²) in [6.45, 7) is 12.3. The normalized spacial score (nSPS) is 25.3. The SMILES string of the molecule is CCn1c(-c2cnccc2COC)c2c3cc(ccc31)-c1cc(O)cc(c1)C[C@H](NC(=O)[C@H](C(C)C)N(C)C(=O)[C@@H]1CNCC1F)C(=O)N1CCC[C@H](N1)N1OC1OCC(C)(C)C2. The number of aryl methyl sites for hydroxylation is 1. The minimum absolute atomic E-state index is 0.00752. The molecule has 16 heteroatoms. The number of alkyl halides is 1. The Bertz CT molecular complexity index is 2350. The zero-order valence-corrected chi connectivity index (χ0v) is 37.3. The maximum atomic E-state index is 14.7. The van der Waals surface area contributed by atoms with Crippen molar-refractivity contribution in [1.82, 2.24) is 40.6 Å². The first-order valence-corrected chi connectivity index (χ1v) is 22.1. The van der Waals surface area contributed by atoms with Crippen molar-refractivity contribution in [3.05, 3.63) is 71.5 Å². The number of likely N-dealkylation sites (N-methyl/N-ethyl adjacent to an activating group) is 1. The van der Waals surface area contributed by atoms with E-state index >= 15 is 0 Å². The van der Waals surface area contributed by atoms with E-state index in [9.17, 15) is 23.9 Å². The van der Waals surface area contributed by atoms with Crippen LogP contribution in [0, 0.1) is 17.3 Å². The molecule has 2 aromatic carbocycles. The second-order valence-corrected chi connectivity index (χ2v) is 18.5. The van der Waals surface area contributed by atoms with E-state index in [0.717, 1.165) is 44.4 Å². The Balaban J connectivity index is 1.21. The smallest absolute Gasteiger partial charge is 0.260 e. The summed E-state index contributed by atoms with van der Waals surface area (Å²) in [4.78, 5) is 54.5. The van der Waals surface area contributed by atoms with Crippen molar-refractivity contribution in [2.75, 3.05) is 40.4 Å². The number of benzene rings is 2. The van der Waals surface area contributed by atoms with E-state index in [-0.39, 0.29) is 48.7 Å². The molecule has 63 heavy (non-hydrogen) atoms. The maximum Gasteiger partial charge on any atom is 0.260 e. The van der Waals surface area contributed by atoms with E-state index in [1.165, 1.54) is 17.0 Å². The van der Waals surface area contributed by atoms with Crippen LogP contribution in [-0.4, -0.2) is 119 Å². The second kappa shape index (κ2) is 18.3. The van der Waals surface area contributed by atoms with E-state index in [0.29, 0.717) is 51.1 Å². The summed E-state index contributed by atoms with van der Waals surface area (Å²) in [6.07, 6.45) is 3.37. The van der Waals surface area contributed by atoms with Crippen LogP contribution in [0.2, 0.25) is 0 Å². The van der Waals surface area contributed by atoms with Crippen LogP contribution < -0.4 is 16.1 Å². The van der Waals surface area contributed by atoms with Crippen molar-refractivity contribution in [3.63, 3.8) is 0 Å². The molecular formula is C47H61FN8O7. The fraction of sp³-hybridized carbons (Fsp3) is 0.532. The molecule has 4 aliphatic rings. The molecule has 6 bridgehead atoms. The largest absolute Gasteiger partial charge is 0.508 e. The first kappa shape index (κ1) is 44.6. The minimum Gasteiger partial charge on any atom is -0.508 e. The number of methoxy groups -OCH3 is 1. The number of hydrogen-bond acceptors (Lipinski definition) is 11. The van der Waals surface area contributed by atoms with E-state index < -0.39 is 42.4 Å². The van der Waals surface area contributed by atoms with Crippen LogP contribution in [0.1, 0.15) is 64.2 Å². The van der Waals surface area contributed by atoms with E-state index in [4.69, 9.17) is 14.3 Å². The predicted molar refractivity (Wildman–Crippen MR) is 235 cm³/mol. The van der Waals surface area contributed by atoms with Gasteiger partial charge in [0, 0.05) is 75.6 Å². The molecule has 3 amide bonds. The number of hydroxylamine groups is 2. The van der Waals surface area contributed by atoms with Crippen LogP contribution in [0.25, 0.3) is 33.3 Å². The molecule has 3 saturated heterocycles. The monoisotopic (exact) mass is 868 g/mol. The molecule has 3 fully saturated rings. The number of ether oxygens (including phenoxy) is 2. The summed E-state index contributed by atoms with van der Waals surface area (Å²) in [5.41, 5.74) is 10.4. The fourth-order valence-corrected chi connectivity index (χ4v) is 9.73. The van der Waals surface area contributed by atoms with Crippen molar-refractivity contribution >= 4 is 28.6 Å². The van der Waals surface area contributed by atoms with Crippen molar-refractivity contribution in [3.8, 4) is 28.1 Å². The molecule has 4 aromatic rings. The lowest BCUT2D eigenvalue weighted by atomic mass is 9.84. The van der Waals surface area contributed by atoms with Gasteiger partial charge in [0.15, 0.2) is 0 Å². The lowest BCUT2D eigenvalue weighted by Crippen LogP contribution is -2.62. The van der Waals surface area contributed by atoms with Gasteiger partial charge >= 0.3 is 0 Å². The van der Waals surface area contributed by atoms with Gasteiger partial charge in [0.05, 0.1) is 24.8 Å². The molecule has 0 saturated carbocycles. The third-order valence-corrected chi connectivity index (χ3v) is 12.8. The molecule has 338 valence electrons. The zero-order chi connectivity index (χ0) is 44.7. The average molecular weight is 869 g/mol. The van der Waals surface area contributed by atoms with Gasteiger partial charge in [0.2, 0.25) is 11.8 Å². The van der Waals surface area contributed by atoms with Crippen molar-refractivity contribution in [2.24, 2.45) is 17.3 Å². The van der Waals surface area contributed by atoms with E-state index in [1.54, 1.807) is 30.5 Å². The summed E-state index contributed by atoms with van der Waals surface area (Å²) in [6, 6.07) is 11.5. The number of phenolic OH excluding ortho intramolecular Hbond substituents is 1. The van der Waals surface area contributed by atoms with Gasteiger partial charge in [-0.2, -0.15) is 0 Å². The number of nitrogens with one attached hydrogen (secondary N) is 3.